The van der Waals surface area contributed by atoms with E-state index in [1.165, 1.54) is 19.1 Å². The molecule has 1 amide bonds. The van der Waals surface area contributed by atoms with Crippen LogP contribution >= 0.6 is 27.7 Å². The number of thioether (sulfide) groups is 1. The topological polar surface area (TPSA) is 46.2 Å². The van der Waals surface area contributed by atoms with Gasteiger partial charge in [0.15, 0.2) is 5.78 Å². The fourth-order valence-electron chi connectivity index (χ4n) is 1.74. The average Bonchev–Trinajstić information content (AvgIpc) is 2.45. The fraction of sp³-hybridized carbons (Fsp3) is 0.125. The number of carbonyl (C=O) groups is 2. The molecule has 1 N–H and O–H groups in total. The van der Waals surface area contributed by atoms with Crippen molar-refractivity contribution in [3.8, 4) is 0 Å². The Morgan fingerprint density at radius 1 is 1.23 bits per heavy atom. The van der Waals surface area contributed by atoms with Crippen LogP contribution in [0.25, 0.3) is 0 Å². The highest BCUT2D eigenvalue weighted by Crippen LogP contribution is 2.23. The summed E-state index contributed by atoms with van der Waals surface area (Å²) in [5, 5.41) is 2.74. The van der Waals surface area contributed by atoms with Crippen LogP contribution < -0.4 is 5.32 Å². The first-order valence-corrected chi connectivity index (χ1v) is 8.22. The van der Waals surface area contributed by atoms with Crippen molar-refractivity contribution in [3.05, 3.63) is 58.3 Å². The molecule has 114 valence electrons. The summed E-state index contributed by atoms with van der Waals surface area (Å²) in [6.07, 6.45) is 0. The number of nitrogens with one attached hydrogen (secondary N) is 1. The van der Waals surface area contributed by atoms with E-state index in [1.807, 2.05) is 12.1 Å². The lowest BCUT2D eigenvalue weighted by Gasteiger charge is -2.07. The second-order valence-electron chi connectivity index (χ2n) is 4.55. The number of Topliss-reactive ketones (excluding diaryl/α,β-unsaturated/α-hetero) is 1. The largest absolute Gasteiger partial charge is 0.325 e. The van der Waals surface area contributed by atoms with Crippen LogP contribution in [0, 0.1) is 5.82 Å². The van der Waals surface area contributed by atoms with Gasteiger partial charge < -0.3 is 5.32 Å². The minimum absolute atomic E-state index is 0.0862. The number of ketones is 1. The van der Waals surface area contributed by atoms with Gasteiger partial charge in [-0.25, -0.2) is 4.39 Å². The van der Waals surface area contributed by atoms with E-state index in [1.54, 1.807) is 18.2 Å². The molecule has 6 heteroatoms. The van der Waals surface area contributed by atoms with Crippen molar-refractivity contribution in [2.75, 3.05) is 11.1 Å². The van der Waals surface area contributed by atoms with Crippen molar-refractivity contribution in [1.82, 2.24) is 0 Å². The zero-order chi connectivity index (χ0) is 16.1. The van der Waals surface area contributed by atoms with Crippen LogP contribution in [0.4, 0.5) is 10.1 Å². The minimum atomic E-state index is -0.493. The van der Waals surface area contributed by atoms with E-state index in [0.717, 1.165) is 16.2 Å². The zero-order valence-corrected chi connectivity index (χ0v) is 14.1. The van der Waals surface area contributed by atoms with Gasteiger partial charge in [-0.1, -0.05) is 28.1 Å². The van der Waals surface area contributed by atoms with Crippen molar-refractivity contribution in [1.29, 1.82) is 0 Å². The Labute approximate surface area is 140 Å². The van der Waals surface area contributed by atoms with Gasteiger partial charge in [0.05, 0.1) is 5.75 Å². The van der Waals surface area contributed by atoms with Crippen molar-refractivity contribution >= 4 is 45.1 Å². The molecule has 0 fully saturated rings. The van der Waals surface area contributed by atoms with Crippen LogP contribution in [0.15, 0.2) is 51.8 Å². The van der Waals surface area contributed by atoms with Crippen LogP contribution in [0.1, 0.15) is 17.3 Å². The van der Waals surface area contributed by atoms with Crippen molar-refractivity contribution in [3.63, 3.8) is 0 Å². The summed E-state index contributed by atoms with van der Waals surface area (Å²) >= 11 is 4.41. The monoisotopic (exact) mass is 381 g/mol. The number of rotatable bonds is 5. The molecule has 0 aliphatic rings. The average molecular weight is 382 g/mol. The van der Waals surface area contributed by atoms with E-state index in [-0.39, 0.29) is 17.4 Å². The predicted molar refractivity (Wildman–Crippen MR) is 89.9 cm³/mol. The van der Waals surface area contributed by atoms with E-state index >= 15 is 0 Å². The van der Waals surface area contributed by atoms with Gasteiger partial charge in [0, 0.05) is 20.6 Å². The molecular weight excluding hydrogens is 369 g/mol. The summed E-state index contributed by atoms with van der Waals surface area (Å²) in [5.74, 6) is -0.822. The Kier molecular flexibility index (Phi) is 5.74. The maximum atomic E-state index is 13.8. The quantitative estimate of drug-likeness (QED) is 0.611. The summed E-state index contributed by atoms with van der Waals surface area (Å²) < 4.78 is 14.7. The van der Waals surface area contributed by atoms with Gasteiger partial charge in [-0.05, 0) is 37.3 Å². The lowest BCUT2D eigenvalue weighted by atomic mass is 10.1. The summed E-state index contributed by atoms with van der Waals surface area (Å²) in [6.45, 7) is 1.38. The molecule has 0 aliphatic carbocycles. The first kappa shape index (κ1) is 16.7. The maximum absolute atomic E-state index is 13.8. The third-order valence-corrected chi connectivity index (χ3v) is 4.35. The molecule has 0 saturated carbocycles. The van der Waals surface area contributed by atoms with Crippen molar-refractivity contribution in [2.45, 2.75) is 11.8 Å². The van der Waals surface area contributed by atoms with Crippen LogP contribution in [0.3, 0.4) is 0 Å². The lowest BCUT2D eigenvalue weighted by Crippen LogP contribution is -2.14. The standard InChI is InChI=1S/C16H13BrFNO2S/c1-10(20)11-5-6-15(14(18)7-11)22-9-16(21)19-13-4-2-3-12(17)8-13/h2-8H,9H2,1H3,(H,19,21). The molecule has 0 atom stereocenters. The molecule has 2 aromatic carbocycles. The fourth-order valence-corrected chi connectivity index (χ4v) is 2.86. The number of hydrogen-bond acceptors (Lipinski definition) is 3. The van der Waals surface area contributed by atoms with Crippen LogP contribution in [0.5, 0.6) is 0 Å². The van der Waals surface area contributed by atoms with Gasteiger partial charge in [0.25, 0.3) is 0 Å². The molecule has 0 aromatic heterocycles. The summed E-state index contributed by atoms with van der Waals surface area (Å²) in [6, 6.07) is 11.5. The Bertz CT molecular complexity index is 721. The molecule has 0 bridgehead atoms. The van der Waals surface area contributed by atoms with E-state index in [0.29, 0.717) is 16.1 Å². The Hall–Kier alpha value is -1.66. The zero-order valence-electron chi connectivity index (χ0n) is 11.7. The Balaban J connectivity index is 1.95. The van der Waals surface area contributed by atoms with Crippen molar-refractivity contribution in [2.24, 2.45) is 0 Å². The molecule has 0 radical (unpaired) electrons. The van der Waals surface area contributed by atoms with Crippen LogP contribution in [-0.4, -0.2) is 17.4 Å². The molecule has 2 rings (SSSR count). The molecule has 0 saturated heterocycles. The second kappa shape index (κ2) is 7.56. The molecule has 0 heterocycles. The van der Waals surface area contributed by atoms with Gasteiger partial charge in [-0.2, -0.15) is 0 Å². The highest BCUT2D eigenvalue weighted by Gasteiger charge is 2.09. The van der Waals surface area contributed by atoms with Crippen molar-refractivity contribution < 1.29 is 14.0 Å². The van der Waals surface area contributed by atoms with Gasteiger partial charge in [0.1, 0.15) is 5.82 Å². The molecular formula is C16H13BrFNO2S. The molecule has 0 spiro atoms. The first-order valence-electron chi connectivity index (χ1n) is 6.44. The molecule has 0 unspecified atom stereocenters. The van der Waals surface area contributed by atoms with Crippen LogP contribution in [-0.2, 0) is 4.79 Å². The van der Waals surface area contributed by atoms with E-state index in [4.69, 9.17) is 0 Å². The molecule has 2 aromatic rings. The second-order valence-corrected chi connectivity index (χ2v) is 6.48. The molecule has 0 aliphatic heterocycles. The van der Waals surface area contributed by atoms with Gasteiger partial charge in [-0.15, -0.1) is 11.8 Å². The van der Waals surface area contributed by atoms with Gasteiger partial charge in [-0.3, -0.25) is 9.59 Å². The van der Waals surface area contributed by atoms with E-state index < -0.39 is 5.82 Å². The Morgan fingerprint density at radius 3 is 2.64 bits per heavy atom. The van der Waals surface area contributed by atoms with E-state index in [2.05, 4.69) is 21.2 Å². The first-order chi connectivity index (χ1) is 10.5. The summed E-state index contributed by atoms with van der Waals surface area (Å²) in [7, 11) is 0. The number of amides is 1. The number of hydrogen-bond donors (Lipinski definition) is 1. The third-order valence-electron chi connectivity index (χ3n) is 2.81. The highest BCUT2D eigenvalue weighted by molar-refractivity contribution is 9.10. The summed E-state index contributed by atoms with van der Waals surface area (Å²) in [5.41, 5.74) is 0.993. The Morgan fingerprint density at radius 2 is 2.00 bits per heavy atom. The molecule has 22 heavy (non-hydrogen) atoms. The third kappa shape index (κ3) is 4.68. The number of halogens is 2. The van der Waals surface area contributed by atoms with E-state index in [9.17, 15) is 14.0 Å². The number of carbonyl (C=O) groups excluding carboxylic acids is 2. The normalized spacial score (nSPS) is 10.3. The number of anilines is 1. The SMILES string of the molecule is CC(=O)c1ccc(SCC(=O)Nc2cccc(Br)c2)c(F)c1. The number of benzene rings is 2. The highest BCUT2D eigenvalue weighted by atomic mass is 79.9. The lowest BCUT2D eigenvalue weighted by molar-refractivity contribution is -0.113. The summed E-state index contributed by atoms with van der Waals surface area (Å²) in [4.78, 5) is 23.4. The predicted octanol–water partition coefficient (Wildman–Crippen LogP) is 4.52. The molecule has 3 nitrogen and oxygen atoms in total. The minimum Gasteiger partial charge on any atom is -0.325 e. The maximum Gasteiger partial charge on any atom is 0.234 e. The van der Waals surface area contributed by atoms with Crippen LogP contribution in [0.2, 0.25) is 0 Å². The van der Waals surface area contributed by atoms with Gasteiger partial charge >= 0.3 is 0 Å². The smallest absolute Gasteiger partial charge is 0.234 e. The van der Waals surface area contributed by atoms with Gasteiger partial charge in [0.2, 0.25) is 5.91 Å².